The number of thioether (sulfide) groups is 1. The van der Waals surface area contributed by atoms with Crippen molar-refractivity contribution >= 4 is 62.7 Å². The Morgan fingerprint density at radius 1 is 1.10 bits per heavy atom. The van der Waals surface area contributed by atoms with Gasteiger partial charge in [-0.2, -0.15) is 15.1 Å². The predicted octanol–water partition coefficient (Wildman–Crippen LogP) is 4.86. The van der Waals surface area contributed by atoms with Gasteiger partial charge in [0.15, 0.2) is 5.84 Å². The molecule has 9 heteroatoms. The molecule has 1 aromatic carbocycles. The van der Waals surface area contributed by atoms with E-state index in [1.807, 2.05) is 52.5 Å². The average Bonchev–Trinajstić information content (AvgIpc) is 3.45. The number of carbonyl (C=O) groups excluding carboxylic acids is 1. The lowest BCUT2D eigenvalue weighted by molar-refractivity contribution is -0.114. The van der Waals surface area contributed by atoms with Crippen LogP contribution in [0, 0.1) is 5.41 Å². The van der Waals surface area contributed by atoms with E-state index in [-0.39, 0.29) is 11.4 Å². The van der Waals surface area contributed by atoms with Crippen molar-refractivity contribution in [2.45, 2.75) is 0 Å². The summed E-state index contributed by atoms with van der Waals surface area (Å²) in [7, 11) is 0. The fourth-order valence-electron chi connectivity index (χ4n) is 2.99. The van der Waals surface area contributed by atoms with Crippen LogP contribution < -0.4 is 0 Å². The minimum atomic E-state index is -0.444. The molecule has 2 aliphatic rings. The summed E-state index contributed by atoms with van der Waals surface area (Å²) in [5, 5.41) is 18.2. The highest BCUT2D eigenvalue weighted by molar-refractivity contribution is 8.27. The Balaban J connectivity index is 1.51. The van der Waals surface area contributed by atoms with Gasteiger partial charge in [-0.25, -0.2) is 0 Å². The van der Waals surface area contributed by atoms with Crippen LogP contribution in [0.25, 0.3) is 11.8 Å². The fourth-order valence-corrected chi connectivity index (χ4v) is 4.80. The number of hydrazone groups is 1. The third-order valence-corrected chi connectivity index (χ3v) is 6.56. The summed E-state index contributed by atoms with van der Waals surface area (Å²) in [6, 6.07) is 15.0. The molecule has 5 rings (SSSR count). The van der Waals surface area contributed by atoms with Crippen molar-refractivity contribution in [3.05, 3.63) is 81.3 Å². The number of nitrogens with one attached hydrogen (secondary N) is 1. The van der Waals surface area contributed by atoms with E-state index in [1.54, 1.807) is 29.5 Å². The van der Waals surface area contributed by atoms with Gasteiger partial charge in [0.05, 0.1) is 10.5 Å². The van der Waals surface area contributed by atoms with Gasteiger partial charge in [-0.3, -0.25) is 10.2 Å². The molecular weight excluding hydrogens is 426 g/mol. The molecular formula is C20H12ClN5OS2. The monoisotopic (exact) mass is 437 g/mol. The molecule has 6 nitrogen and oxygen atoms in total. The van der Waals surface area contributed by atoms with Crippen LogP contribution in [0.15, 0.2) is 75.8 Å². The highest BCUT2D eigenvalue weighted by Crippen LogP contribution is 2.32. The van der Waals surface area contributed by atoms with Gasteiger partial charge in [0.2, 0.25) is 5.17 Å². The third kappa shape index (κ3) is 3.25. The molecule has 142 valence electrons. The number of amidine groups is 2. The maximum atomic E-state index is 12.6. The number of aliphatic imine (C=N–C) groups is 1. The number of aromatic nitrogens is 1. The van der Waals surface area contributed by atoms with Crippen molar-refractivity contribution in [1.29, 1.82) is 5.41 Å². The Morgan fingerprint density at radius 2 is 1.93 bits per heavy atom. The van der Waals surface area contributed by atoms with E-state index in [1.165, 1.54) is 16.8 Å². The smallest absolute Gasteiger partial charge is 0.283 e. The Bertz CT molecular complexity index is 1220. The van der Waals surface area contributed by atoms with E-state index >= 15 is 0 Å². The van der Waals surface area contributed by atoms with Crippen molar-refractivity contribution in [1.82, 2.24) is 9.58 Å². The molecule has 0 radical (unpaired) electrons. The van der Waals surface area contributed by atoms with Crippen LogP contribution in [0.4, 0.5) is 0 Å². The molecule has 4 heterocycles. The Labute approximate surface area is 179 Å². The lowest BCUT2D eigenvalue weighted by Crippen LogP contribution is -2.35. The van der Waals surface area contributed by atoms with Crippen molar-refractivity contribution < 1.29 is 4.79 Å². The second-order valence-electron chi connectivity index (χ2n) is 6.18. The lowest BCUT2D eigenvalue weighted by atomic mass is 10.1. The van der Waals surface area contributed by atoms with Crippen LogP contribution >= 0.6 is 34.7 Å². The first-order chi connectivity index (χ1) is 14.1. The molecule has 2 aliphatic heterocycles. The number of fused-ring (bicyclic) bond motifs is 1. The van der Waals surface area contributed by atoms with E-state index in [0.717, 1.165) is 21.3 Å². The summed E-state index contributed by atoms with van der Waals surface area (Å²) in [5.74, 6) is -0.428. The number of halogens is 1. The van der Waals surface area contributed by atoms with E-state index in [0.29, 0.717) is 10.2 Å². The molecule has 3 aromatic rings. The Hall–Kier alpha value is -2.94. The largest absolute Gasteiger partial charge is 0.317 e. The van der Waals surface area contributed by atoms with Crippen molar-refractivity contribution in [3.63, 3.8) is 0 Å². The van der Waals surface area contributed by atoms with Gasteiger partial charge in [-0.15, -0.1) is 11.3 Å². The molecule has 0 fully saturated rings. The average molecular weight is 438 g/mol. The fraction of sp³-hybridized carbons (Fsp3) is 0. The van der Waals surface area contributed by atoms with Crippen LogP contribution in [-0.4, -0.2) is 31.5 Å². The zero-order valence-electron chi connectivity index (χ0n) is 14.7. The van der Waals surface area contributed by atoms with Crippen molar-refractivity contribution in [2.75, 3.05) is 0 Å². The molecule has 0 spiro atoms. The van der Waals surface area contributed by atoms with Gasteiger partial charge >= 0.3 is 0 Å². The van der Waals surface area contributed by atoms with E-state index in [2.05, 4.69) is 10.1 Å². The standard InChI is InChI=1S/C20H12ClN5OS2/c21-12-5-7-13(8-6-12)25-9-1-3-14(25)11-15-17(22)26-20(23-18(15)27)29-19(24-26)16-4-2-10-28-16/h1-11,22H/b15-11-,22-17?. The summed E-state index contributed by atoms with van der Waals surface area (Å²) < 4.78 is 1.92. The van der Waals surface area contributed by atoms with E-state index in [9.17, 15) is 4.79 Å². The normalized spacial score (nSPS) is 17.6. The minimum absolute atomic E-state index is 0.0166. The number of thiophene rings is 1. The second kappa shape index (κ2) is 7.14. The molecule has 0 aliphatic carbocycles. The first kappa shape index (κ1) is 18.1. The van der Waals surface area contributed by atoms with Crippen LogP contribution in [-0.2, 0) is 4.79 Å². The minimum Gasteiger partial charge on any atom is -0.317 e. The number of rotatable bonds is 3. The predicted molar refractivity (Wildman–Crippen MR) is 119 cm³/mol. The summed E-state index contributed by atoms with van der Waals surface area (Å²) in [4.78, 5) is 17.8. The molecule has 1 amide bonds. The van der Waals surface area contributed by atoms with Crippen LogP contribution in [0.5, 0.6) is 0 Å². The molecule has 1 N–H and O–H groups in total. The molecule has 2 aromatic heterocycles. The summed E-state index contributed by atoms with van der Waals surface area (Å²) in [6.45, 7) is 0. The van der Waals surface area contributed by atoms with Crippen LogP contribution in [0.3, 0.4) is 0 Å². The molecule has 0 bridgehead atoms. The van der Waals surface area contributed by atoms with E-state index in [4.69, 9.17) is 17.0 Å². The van der Waals surface area contributed by atoms with Gasteiger partial charge in [-0.1, -0.05) is 17.7 Å². The highest BCUT2D eigenvalue weighted by atomic mass is 35.5. The molecule has 29 heavy (non-hydrogen) atoms. The zero-order chi connectivity index (χ0) is 20.0. The number of hydrogen-bond donors (Lipinski definition) is 1. The quantitative estimate of drug-likeness (QED) is 0.594. The summed E-state index contributed by atoms with van der Waals surface area (Å²) in [5.41, 5.74) is 1.85. The van der Waals surface area contributed by atoms with Crippen LogP contribution in [0.2, 0.25) is 5.02 Å². The van der Waals surface area contributed by atoms with Crippen molar-refractivity contribution in [3.8, 4) is 5.69 Å². The lowest BCUT2D eigenvalue weighted by Gasteiger charge is -2.20. The van der Waals surface area contributed by atoms with E-state index < -0.39 is 5.91 Å². The second-order valence-corrected chi connectivity index (χ2v) is 8.52. The molecule has 0 saturated carbocycles. The van der Waals surface area contributed by atoms with Gasteiger partial charge in [-0.05, 0) is 65.7 Å². The molecule has 0 saturated heterocycles. The maximum Gasteiger partial charge on any atom is 0.283 e. The first-order valence-corrected chi connectivity index (χ1v) is 10.6. The maximum absolute atomic E-state index is 12.6. The Morgan fingerprint density at radius 3 is 2.69 bits per heavy atom. The number of carbonyl (C=O) groups is 1. The van der Waals surface area contributed by atoms with Gasteiger partial charge < -0.3 is 4.57 Å². The van der Waals surface area contributed by atoms with Gasteiger partial charge in [0.1, 0.15) is 5.04 Å². The highest BCUT2D eigenvalue weighted by Gasteiger charge is 2.36. The number of benzene rings is 1. The SMILES string of the molecule is N=C1/C(=C/c2cccn2-c2ccc(Cl)cc2)C(=O)N=C2SC(c3cccs3)=NN12. The number of nitrogens with zero attached hydrogens (tertiary/aromatic N) is 4. The van der Waals surface area contributed by atoms with Gasteiger partial charge in [0, 0.05) is 22.6 Å². The number of amides is 1. The third-order valence-electron chi connectivity index (χ3n) is 4.36. The van der Waals surface area contributed by atoms with Crippen LogP contribution in [0.1, 0.15) is 10.6 Å². The summed E-state index contributed by atoms with van der Waals surface area (Å²) >= 11 is 8.84. The number of hydrogen-bond acceptors (Lipinski definition) is 5. The molecule has 0 atom stereocenters. The van der Waals surface area contributed by atoms with Crippen molar-refractivity contribution in [2.24, 2.45) is 10.1 Å². The summed E-state index contributed by atoms with van der Waals surface area (Å²) in [6.07, 6.45) is 3.56. The zero-order valence-corrected chi connectivity index (χ0v) is 17.1. The molecule has 0 unspecified atom stereocenters. The first-order valence-electron chi connectivity index (χ1n) is 8.57. The Kier molecular flexibility index (Phi) is 4.46. The topological polar surface area (TPSA) is 73.8 Å². The van der Waals surface area contributed by atoms with Gasteiger partial charge in [0.25, 0.3) is 5.91 Å².